The second-order valence-corrected chi connectivity index (χ2v) is 3.74. The highest BCUT2D eigenvalue weighted by Gasteiger charge is 2.28. The highest BCUT2D eigenvalue weighted by molar-refractivity contribution is 5.85. The van der Waals surface area contributed by atoms with Crippen molar-refractivity contribution in [2.75, 3.05) is 26.7 Å². The van der Waals surface area contributed by atoms with E-state index in [9.17, 15) is 9.59 Å². The Morgan fingerprint density at radius 3 is 3.00 bits per heavy atom. The number of amides is 2. The highest BCUT2D eigenvalue weighted by Crippen LogP contribution is 2.07. The van der Waals surface area contributed by atoms with Gasteiger partial charge in [0.2, 0.25) is 11.8 Å². The molecule has 0 aromatic rings. The van der Waals surface area contributed by atoms with Crippen molar-refractivity contribution < 1.29 is 9.59 Å². The number of nitrogens with zero attached hydrogens (tertiary/aromatic N) is 2. The zero-order valence-corrected chi connectivity index (χ0v) is 9.32. The molecule has 6 nitrogen and oxygen atoms in total. The minimum Gasteiger partial charge on any atom is -0.354 e. The van der Waals surface area contributed by atoms with Crippen LogP contribution in [-0.2, 0) is 9.59 Å². The predicted molar refractivity (Wildman–Crippen MR) is 57.3 cm³/mol. The summed E-state index contributed by atoms with van der Waals surface area (Å²) >= 11 is 0. The SMILES string of the molecule is CN1CCC(NCC(=O)NCCC#N)C1=O. The first kappa shape index (κ1) is 12.5. The normalized spacial score (nSPS) is 19.6. The fraction of sp³-hybridized carbons (Fsp3) is 0.700. The van der Waals surface area contributed by atoms with Gasteiger partial charge in [0.05, 0.1) is 25.1 Å². The average Bonchev–Trinajstić information content (AvgIpc) is 2.58. The number of hydrogen-bond donors (Lipinski definition) is 2. The van der Waals surface area contributed by atoms with Gasteiger partial charge in [0.25, 0.3) is 0 Å². The Kier molecular flexibility index (Phi) is 4.73. The molecule has 1 atom stereocenters. The maximum Gasteiger partial charge on any atom is 0.239 e. The lowest BCUT2D eigenvalue weighted by molar-refractivity contribution is -0.128. The maximum absolute atomic E-state index is 11.5. The Balaban J connectivity index is 2.17. The molecule has 6 heteroatoms. The van der Waals surface area contributed by atoms with Crippen LogP contribution >= 0.6 is 0 Å². The number of likely N-dealkylation sites (tertiary alicyclic amines) is 1. The number of carbonyl (C=O) groups is 2. The third-order valence-corrected chi connectivity index (χ3v) is 2.50. The Morgan fingerprint density at radius 1 is 1.69 bits per heavy atom. The molecule has 1 aliphatic heterocycles. The van der Waals surface area contributed by atoms with Crippen LogP contribution in [0.2, 0.25) is 0 Å². The summed E-state index contributed by atoms with van der Waals surface area (Å²) < 4.78 is 0. The summed E-state index contributed by atoms with van der Waals surface area (Å²) in [5.41, 5.74) is 0. The summed E-state index contributed by atoms with van der Waals surface area (Å²) in [5.74, 6) is -0.151. The zero-order chi connectivity index (χ0) is 12.0. The lowest BCUT2D eigenvalue weighted by atomic mass is 10.2. The van der Waals surface area contributed by atoms with Gasteiger partial charge in [-0.05, 0) is 6.42 Å². The summed E-state index contributed by atoms with van der Waals surface area (Å²) in [7, 11) is 1.75. The summed E-state index contributed by atoms with van der Waals surface area (Å²) in [6.07, 6.45) is 1.04. The number of likely N-dealkylation sites (N-methyl/N-ethyl adjacent to an activating group) is 1. The van der Waals surface area contributed by atoms with Crippen molar-refractivity contribution in [3.05, 3.63) is 0 Å². The van der Waals surface area contributed by atoms with E-state index in [0.717, 1.165) is 13.0 Å². The van der Waals surface area contributed by atoms with Crippen molar-refractivity contribution in [3.8, 4) is 6.07 Å². The molecule has 0 spiro atoms. The second-order valence-electron chi connectivity index (χ2n) is 3.74. The van der Waals surface area contributed by atoms with E-state index in [4.69, 9.17) is 5.26 Å². The first-order valence-corrected chi connectivity index (χ1v) is 5.27. The average molecular weight is 224 g/mol. The predicted octanol–water partition coefficient (Wildman–Crippen LogP) is -1.16. The van der Waals surface area contributed by atoms with E-state index in [1.54, 1.807) is 11.9 Å². The molecule has 2 N–H and O–H groups in total. The lowest BCUT2D eigenvalue weighted by Crippen LogP contribution is -2.43. The van der Waals surface area contributed by atoms with E-state index in [-0.39, 0.29) is 24.4 Å². The van der Waals surface area contributed by atoms with Crippen molar-refractivity contribution in [2.45, 2.75) is 18.9 Å². The molecule has 88 valence electrons. The molecule has 0 saturated carbocycles. The fourth-order valence-electron chi connectivity index (χ4n) is 1.55. The van der Waals surface area contributed by atoms with Gasteiger partial charge in [-0.1, -0.05) is 0 Å². The van der Waals surface area contributed by atoms with Crippen molar-refractivity contribution in [2.24, 2.45) is 0 Å². The third kappa shape index (κ3) is 3.51. The first-order chi connectivity index (χ1) is 7.65. The Hall–Kier alpha value is -1.61. The molecule has 0 bridgehead atoms. The molecular weight excluding hydrogens is 208 g/mol. The molecular formula is C10H16N4O2. The molecule has 2 amide bonds. The van der Waals surface area contributed by atoms with E-state index in [2.05, 4.69) is 10.6 Å². The van der Waals surface area contributed by atoms with Crippen LogP contribution in [0.4, 0.5) is 0 Å². The minimum atomic E-state index is -0.244. The number of carbonyl (C=O) groups excluding carboxylic acids is 2. The van der Waals surface area contributed by atoms with Gasteiger partial charge in [-0.15, -0.1) is 0 Å². The maximum atomic E-state index is 11.5. The van der Waals surface area contributed by atoms with Crippen LogP contribution in [-0.4, -0.2) is 49.4 Å². The molecule has 1 aliphatic rings. The number of hydrogen-bond acceptors (Lipinski definition) is 4. The van der Waals surface area contributed by atoms with Gasteiger partial charge in [0.15, 0.2) is 0 Å². The van der Waals surface area contributed by atoms with Crippen LogP contribution in [0.3, 0.4) is 0 Å². The van der Waals surface area contributed by atoms with Crippen LogP contribution in [0.25, 0.3) is 0 Å². The smallest absolute Gasteiger partial charge is 0.239 e. The van der Waals surface area contributed by atoms with Crippen LogP contribution in [0.1, 0.15) is 12.8 Å². The van der Waals surface area contributed by atoms with Gasteiger partial charge < -0.3 is 10.2 Å². The molecule has 1 saturated heterocycles. The molecule has 1 unspecified atom stereocenters. The molecule has 16 heavy (non-hydrogen) atoms. The summed E-state index contributed by atoms with van der Waals surface area (Å²) in [5, 5.41) is 13.8. The van der Waals surface area contributed by atoms with Crippen molar-refractivity contribution >= 4 is 11.8 Å². The third-order valence-electron chi connectivity index (χ3n) is 2.50. The van der Waals surface area contributed by atoms with Gasteiger partial charge in [0.1, 0.15) is 0 Å². The van der Waals surface area contributed by atoms with Gasteiger partial charge >= 0.3 is 0 Å². The van der Waals surface area contributed by atoms with E-state index in [0.29, 0.717) is 13.0 Å². The van der Waals surface area contributed by atoms with Crippen LogP contribution in [0.5, 0.6) is 0 Å². The fourth-order valence-corrected chi connectivity index (χ4v) is 1.55. The Labute approximate surface area is 94.6 Å². The quantitative estimate of drug-likeness (QED) is 0.577. The van der Waals surface area contributed by atoms with E-state index in [1.807, 2.05) is 6.07 Å². The first-order valence-electron chi connectivity index (χ1n) is 5.27. The van der Waals surface area contributed by atoms with Crippen molar-refractivity contribution in [1.29, 1.82) is 5.26 Å². The van der Waals surface area contributed by atoms with Crippen LogP contribution < -0.4 is 10.6 Å². The standard InChI is InChI=1S/C10H16N4O2/c1-14-6-3-8(10(14)16)13-7-9(15)12-5-2-4-11/h8,13H,2-3,5-7H2,1H3,(H,12,15). The van der Waals surface area contributed by atoms with Crippen molar-refractivity contribution in [3.63, 3.8) is 0 Å². The molecule has 1 heterocycles. The van der Waals surface area contributed by atoms with E-state index in [1.165, 1.54) is 0 Å². The summed E-state index contributed by atoms with van der Waals surface area (Å²) in [6.45, 7) is 1.21. The minimum absolute atomic E-state index is 0.0322. The molecule has 0 aromatic heterocycles. The highest BCUT2D eigenvalue weighted by atomic mass is 16.2. The Bertz CT molecular complexity index is 310. The van der Waals surface area contributed by atoms with Gasteiger partial charge in [-0.3, -0.25) is 14.9 Å². The van der Waals surface area contributed by atoms with Crippen LogP contribution in [0, 0.1) is 11.3 Å². The second kappa shape index (κ2) is 6.08. The summed E-state index contributed by atoms with van der Waals surface area (Å²) in [6, 6.07) is 1.69. The van der Waals surface area contributed by atoms with E-state index >= 15 is 0 Å². The molecule has 1 rings (SSSR count). The van der Waals surface area contributed by atoms with E-state index < -0.39 is 0 Å². The molecule has 0 aromatic carbocycles. The topological polar surface area (TPSA) is 85.2 Å². The zero-order valence-electron chi connectivity index (χ0n) is 9.32. The van der Waals surface area contributed by atoms with Gasteiger partial charge in [-0.2, -0.15) is 5.26 Å². The van der Waals surface area contributed by atoms with Gasteiger partial charge in [-0.25, -0.2) is 0 Å². The molecule has 0 aliphatic carbocycles. The Morgan fingerprint density at radius 2 is 2.44 bits per heavy atom. The largest absolute Gasteiger partial charge is 0.354 e. The summed E-state index contributed by atoms with van der Waals surface area (Å²) in [4.78, 5) is 24.4. The number of rotatable bonds is 5. The van der Waals surface area contributed by atoms with Gasteiger partial charge in [0, 0.05) is 20.1 Å². The molecule has 0 radical (unpaired) electrons. The lowest BCUT2D eigenvalue weighted by Gasteiger charge is -2.11. The van der Waals surface area contributed by atoms with Crippen LogP contribution in [0.15, 0.2) is 0 Å². The number of nitriles is 1. The van der Waals surface area contributed by atoms with Crippen molar-refractivity contribution in [1.82, 2.24) is 15.5 Å². The monoisotopic (exact) mass is 224 g/mol. The number of nitrogens with one attached hydrogen (secondary N) is 2. The molecule has 1 fully saturated rings.